The fourth-order valence-electron chi connectivity index (χ4n) is 2.88. The Morgan fingerprint density at radius 3 is 2.57 bits per heavy atom. The highest BCUT2D eigenvalue weighted by Gasteiger charge is 2.22. The molecule has 0 unspecified atom stereocenters. The SMILES string of the molecule is COc1cc([N+](=O)[O-])ccc1NC(=O)COC(=O)c1[nH]c(C)c([C@H](C)O)c1C. The van der Waals surface area contributed by atoms with E-state index < -0.39 is 29.5 Å². The van der Waals surface area contributed by atoms with Crippen molar-refractivity contribution in [1.82, 2.24) is 4.98 Å². The Morgan fingerprint density at radius 1 is 1.36 bits per heavy atom. The first-order valence-electron chi connectivity index (χ1n) is 8.32. The van der Waals surface area contributed by atoms with Gasteiger partial charge in [0, 0.05) is 17.3 Å². The Labute approximate surface area is 160 Å². The largest absolute Gasteiger partial charge is 0.494 e. The summed E-state index contributed by atoms with van der Waals surface area (Å²) in [7, 11) is 1.31. The number of amides is 1. The van der Waals surface area contributed by atoms with Crippen LogP contribution in [0, 0.1) is 24.0 Å². The molecule has 1 aromatic heterocycles. The molecule has 10 heteroatoms. The Hall–Kier alpha value is -3.40. The zero-order chi connectivity index (χ0) is 21.0. The van der Waals surface area contributed by atoms with E-state index in [0.717, 1.165) is 0 Å². The number of hydrogen-bond acceptors (Lipinski definition) is 7. The fourth-order valence-corrected chi connectivity index (χ4v) is 2.88. The molecule has 150 valence electrons. The third kappa shape index (κ3) is 4.46. The van der Waals surface area contributed by atoms with Crippen molar-refractivity contribution in [3.63, 3.8) is 0 Å². The average molecular weight is 391 g/mol. The molecule has 0 aliphatic heterocycles. The summed E-state index contributed by atoms with van der Waals surface area (Å²) in [6, 6.07) is 3.71. The van der Waals surface area contributed by atoms with Crippen molar-refractivity contribution in [3.8, 4) is 5.75 Å². The molecular weight excluding hydrogens is 370 g/mol. The number of nitrogens with zero attached hydrogens (tertiary/aromatic N) is 1. The van der Waals surface area contributed by atoms with Crippen LogP contribution in [0.3, 0.4) is 0 Å². The van der Waals surface area contributed by atoms with Gasteiger partial charge >= 0.3 is 5.97 Å². The van der Waals surface area contributed by atoms with Gasteiger partial charge in [0.15, 0.2) is 6.61 Å². The van der Waals surface area contributed by atoms with E-state index in [-0.39, 0.29) is 22.8 Å². The summed E-state index contributed by atoms with van der Waals surface area (Å²) in [6.07, 6.45) is -0.754. The number of non-ortho nitro benzene ring substituents is 1. The topological polar surface area (TPSA) is 144 Å². The summed E-state index contributed by atoms with van der Waals surface area (Å²) in [5.41, 5.74) is 1.97. The molecule has 1 amide bonds. The number of anilines is 1. The molecule has 0 fully saturated rings. The molecule has 10 nitrogen and oxygen atoms in total. The van der Waals surface area contributed by atoms with Gasteiger partial charge in [0.05, 0.1) is 29.9 Å². The van der Waals surface area contributed by atoms with Crippen molar-refractivity contribution < 1.29 is 29.1 Å². The van der Waals surface area contributed by atoms with Gasteiger partial charge in [-0.1, -0.05) is 0 Å². The van der Waals surface area contributed by atoms with E-state index >= 15 is 0 Å². The van der Waals surface area contributed by atoms with Crippen molar-refractivity contribution in [2.75, 3.05) is 19.0 Å². The van der Waals surface area contributed by atoms with Crippen molar-refractivity contribution in [1.29, 1.82) is 0 Å². The highest BCUT2D eigenvalue weighted by Crippen LogP contribution is 2.29. The maximum atomic E-state index is 12.2. The van der Waals surface area contributed by atoms with Crippen LogP contribution in [0.4, 0.5) is 11.4 Å². The van der Waals surface area contributed by atoms with Gasteiger partial charge in [0.25, 0.3) is 11.6 Å². The average Bonchev–Trinajstić information content (AvgIpc) is 2.94. The van der Waals surface area contributed by atoms with Crippen LogP contribution in [-0.2, 0) is 9.53 Å². The fraction of sp³-hybridized carbons (Fsp3) is 0.333. The zero-order valence-corrected chi connectivity index (χ0v) is 15.9. The molecule has 0 saturated carbocycles. The number of aliphatic hydroxyl groups is 1. The third-order valence-electron chi connectivity index (χ3n) is 4.12. The molecule has 0 bridgehead atoms. The monoisotopic (exact) mass is 391 g/mol. The summed E-state index contributed by atoms with van der Waals surface area (Å²) >= 11 is 0. The van der Waals surface area contributed by atoms with Crippen LogP contribution in [0.15, 0.2) is 18.2 Å². The maximum Gasteiger partial charge on any atom is 0.355 e. The molecule has 0 aliphatic carbocycles. The van der Waals surface area contributed by atoms with E-state index in [4.69, 9.17) is 9.47 Å². The van der Waals surface area contributed by atoms with Crippen LogP contribution in [0.2, 0.25) is 0 Å². The van der Waals surface area contributed by atoms with Gasteiger partial charge in [0.2, 0.25) is 0 Å². The van der Waals surface area contributed by atoms with E-state index in [1.54, 1.807) is 20.8 Å². The van der Waals surface area contributed by atoms with Crippen molar-refractivity contribution in [2.45, 2.75) is 26.9 Å². The predicted octanol–water partition coefficient (Wildman–Crippen LogP) is 2.40. The number of carbonyl (C=O) groups is 2. The number of aryl methyl sites for hydroxylation is 1. The number of carbonyl (C=O) groups excluding carboxylic acids is 2. The number of hydrogen-bond donors (Lipinski definition) is 3. The molecule has 3 N–H and O–H groups in total. The number of aromatic amines is 1. The summed E-state index contributed by atoms with van der Waals surface area (Å²) < 4.78 is 10.0. The van der Waals surface area contributed by atoms with Crippen LogP contribution < -0.4 is 10.1 Å². The lowest BCUT2D eigenvalue weighted by Gasteiger charge is -2.10. The second-order valence-corrected chi connectivity index (χ2v) is 6.11. The number of nitro groups is 1. The van der Waals surface area contributed by atoms with Crippen molar-refractivity contribution in [3.05, 3.63) is 50.8 Å². The minimum atomic E-state index is -0.754. The normalized spacial score (nSPS) is 11.6. The van der Waals surface area contributed by atoms with E-state index in [1.807, 2.05) is 0 Å². The second kappa shape index (κ2) is 8.53. The Bertz CT molecular complexity index is 918. The summed E-state index contributed by atoms with van der Waals surface area (Å²) in [6.45, 7) is 4.41. The molecule has 1 aromatic carbocycles. The first-order chi connectivity index (χ1) is 13.1. The van der Waals surface area contributed by atoms with Crippen LogP contribution in [-0.4, -0.2) is 40.6 Å². The summed E-state index contributed by atoms with van der Waals surface area (Å²) in [5, 5.41) is 23.0. The molecule has 2 rings (SSSR count). The second-order valence-electron chi connectivity index (χ2n) is 6.11. The third-order valence-corrected chi connectivity index (χ3v) is 4.12. The van der Waals surface area contributed by atoms with E-state index in [2.05, 4.69) is 10.3 Å². The number of rotatable bonds is 7. The van der Waals surface area contributed by atoms with Crippen LogP contribution >= 0.6 is 0 Å². The minimum Gasteiger partial charge on any atom is -0.494 e. The van der Waals surface area contributed by atoms with Gasteiger partial charge in [-0.05, 0) is 32.4 Å². The Kier molecular flexibility index (Phi) is 6.37. The van der Waals surface area contributed by atoms with Crippen molar-refractivity contribution >= 4 is 23.3 Å². The molecule has 1 atom stereocenters. The number of ether oxygens (including phenoxy) is 2. The van der Waals surface area contributed by atoms with Gasteiger partial charge < -0.3 is 24.9 Å². The van der Waals surface area contributed by atoms with Crippen LogP contribution in [0.1, 0.15) is 40.3 Å². The minimum absolute atomic E-state index is 0.103. The van der Waals surface area contributed by atoms with E-state index in [9.17, 15) is 24.8 Å². The molecule has 0 saturated heterocycles. The predicted molar refractivity (Wildman–Crippen MR) is 99.5 cm³/mol. The van der Waals surface area contributed by atoms with Gasteiger partial charge in [0.1, 0.15) is 11.4 Å². The van der Waals surface area contributed by atoms with Crippen molar-refractivity contribution in [2.24, 2.45) is 0 Å². The molecule has 0 aliphatic rings. The number of esters is 1. The quantitative estimate of drug-likeness (QED) is 0.373. The van der Waals surface area contributed by atoms with E-state index in [0.29, 0.717) is 16.8 Å². The highest BCUT2D eigenvalue weighted by molar-refractivity contribution is 5.96. The lowest BCUT2D eigenvalue weighted by Crippen LogP contribution is -2.21. The molecule has 1 heterocycles. The Balaban J connectivity index is 2.04. The number of methoxy groups -OCH3 is 1. The van der Waals surface area contributed by atoms with Gasteiger partial charge in [-0.25, -0.2) is 4.79 Å². The summed E-state index contributed by atoms with van der Waals surface area (Å²) in [4.78, 5) is 37.4. The zero-order valence-electron chi connectivity index (χ0n) is 15.9. The maximum absolute atomic E-state index is 12.2. The first-order valence-corrected chi connectivity index (χ1v) is 8.32. The van der Waals surface area contributed by atoms with Gasteiger partial charge in [-0.3, -0.25) is 14.9 Å². The number of nitro benzene ring substituents is 1. The lowest BCUT2D eigenvalue weighted by atomic mass is 10.1. The lowest BCUT2D eigenvalue weighted by molar-refractivity contribution is -0.384. The number of H-pyrrole nitrogens is 1. The highest BCUT2D eigenvalue weighted by atomic mass is 16.6. The molecule has 0 radical (unpaired) electrons. The number of nitrogens with one attached hydrogen (secondary N) is 2. The van der Waals surface area contributed by atoms with Gasteiger partial charge in [-0.15, -0.1) is 0 Å². The first kappa shape index (κ1) is 20.9. The number of aliphatic hydroxyl groups excluding tert-OH is 1. The summed E-state index contributed by atoms with van der Waals surface area (Å²) in [5.74, 6) is -1.28. The molecule has 28 heavy (non-hydrogen) atoms. The van der Waals surface area contributed by atoms with E-state index in [1.165, 1.54) is 25.3 Å². The number of benzene rings is 1. The number of aromatic nitrogens is 1. The van der Waals surface area contributed by atoms with Crippen LogP contribution in [0.25, 0.3) is 0 Å². The van der Waals surface area contributed by atoms with Crippen LogP contribution in [0.5, 0.6) is 5.75 Å². The smallest absolute Gasteiger partial charge is 0.355 e. The Morgan fingerprint density at radius 2 is 2.04 bits per heavy atom. The van der Waals surface area contributed by atoms with Gasteiger partial charge in [-0.2, -0.15) is 0 Å². The molecule has 0 spiro atoms. The molecular formula is C18H21N3O7. The standard InChI is InChI=1S/C18H21N3O7/c1-9-16(11(3)22)10(2)19-17(9)18(24)28-8-15(23)20-13-6-5-12(21(25)26)7-14(13)27-4/h5-7,11,19,22H,8H2,1-4H3,(H,20,23)/t11-/m0/s1. The molecule has 2 aromatic rings.